The van der Waals surface area contributed by atoms with Crippen molar-refractivity contribution in [3.8, 4) is 0 Å². The van der Waals surface area contributed by atoms with E-state index in [1.807, 2.05) is 48.2 Å². The summed E-state index contributed by atoms with van der Waals surface area (Å²) in [5.41, 5.74) is 4.87. The Morgan fingerprint density at radius 3 is 2.59 bits per heavy atom. The number of aryl methyl sites for hydroxylation is 1. The number of rotatable bonds is 3. The van der Waals surface area contributed by atoms with Crippen molar-refractivity contribution in [2.45, 2.75) is 32.2 Å². The van der Waals surface area contributed by atoms with E-state index >= 15 is 0 Å². The second-order valence-corrected chi connectivity index (χ2v) is 8.07. The molecule has 0 aliphatic carbocycles. The van der Waals surface area contributed by atoms with Gasteiger partial charge in [0.25, 0.3) is 5.91 Å². The van der Waals surface area contributed by atoms with Gasteiger partial charge in [-0.25, -0.2) is 0 Å². The fraction of sp³-hybridized carbons (Fsp3) is 0.333. The standard InChI is InChI=1S/C24H25N3O2/c1-16-22(19-11-5-6-12-20(19)25-16)23-17-9-3-4-10-18(17)24(29)27(23)15-21(28)26-13-7-2-8-14-26/h3-6,9-12,23,25H,2,7-8,13-15H2,1H3/t23-/m0/s1. The summed E-state index contributed by atoms with van der Waals surface area (Å²) in [6.45, 7) is 3.76. The first-order chi connectivity index (χ1) is 14.1. The van der Waals surface area contributed by atoms with E-state index < -0.39 is 0 Å². The summed E-state index contributed by atoms with van der Waals surface area (Å²) in [5.74, 6) is -0.00556. The molecule has 1 atom stereocenters. The normalized spacial score (nSPS) is 19.1. The van der Waals surface area contributed by atoms with Gasteiger partial charge in [-0.2, -0.15) is 0 Å². The summed E-state index contributed by atoms with van der Waals surface area (Å²) < 4.78 is 0. The smallest absolute Gasteiger partial charge is 0.255 e. The molecule has 1 N–H and O–H groups in total. The van der Waals surface area contributed by atoms with E-state index in [0.29, 0.717) is 5.56 Å². The number of hydrogen-bond acceptors (Lipinski definition) is 2. The Kier molecular flexibility index (Phi) is 4.38. The molecule has 3 aromatic rings. The van der Waals surface area contributed by atoms with Crippen molar-refractivity contribution in [2.75, 3.05) is 19.6 Å². The maximum atomic E-state index is 13.3. The minimum absolute atomic E-state index is 0.0494. The number of likely N-dealkylation sites (tertiary alicyclic amines) is 1. The van der Waals surface area contributed by atoms with Gasteiger partial charge in [0.15, 0.2) is 0 Å². The number of aromatic amines is 1. The first-order valence-electron chi connectivity index (χ1n) is 10.4. The maximum absolute atomic E-state index is 13.3. The minimum Gasteiger partial charge on any atom is -0.358 e. The van der Waals surface area contributed by atoms with Gasteiger partial charge in [0, 0.05) is 40.8 Å². The number of H-pyrrole nitrogens is 1. The third-order valence-corrected chi connectivity index (χ3v) is 6.29. The summed E-state index contributed by atoms with van der Waals surface area (Å²) in [7, 11) is 0. The van der Waals surface area contributed by atoms with Gasteiger partial charge in [-0.3, -0.25) is 9.59 Å². The molecule has 1 fully saturated rings. The summed E-state index contributed by atoms with van der Waals surface area (Å²) in [6.07, 6.45) is 3.27. The van der Waals surface area contributed by atoms with Crippen LogP contribution in [0.4, 0.5) is 0 Å². The van der Waals surface area contributed by atoms with Crippen LogP contribution >= 0.6 is 0 Å². The monoisotopic (exact) mass is 387 g/mol. The topological polar surface area (TPSA) is 56.4 Å². The first kappa shape index (κ1) is 18.0. The lowest BCUT2D eigenvalue weighted by Gasteiger charge is -2.31. The van der Waals surface area contributed by atoms with Crippen molar-refractivity contribution in [3.05, 3.63) is 70.9 Å². The van der Waals surface area contributed by atoms with E-state index in [4.69, 9.17) is 0 Å². The fourth-order valence-electron chi connectivity index (χ4n) is 4.88. The lowest BCUT2D eigenvalue weighted by molar-refractivity contribution is -0.133. The predicted octanol–water partition coefficient (Wildman–Crippen LogP) is 4.03. The first-order valence-corrected chi connectivity index (χ1v) is 10.4. The van der Waals surface area contributed by atoms with Crippen LogP contribution in [0.5, 0.6) is 0 Å². The molecule has 148 valence electrons. The molecule has 1 aromatic heterocycles. The molecule has 29 heavy (non-hydrogen) atoms. The molecule has 0 bridgehead atoms. The Balaban J connectivity index is 1.59. The molecule has 2 aliphatic rings. The maximum Gasteiger partial charge on any atom is 0.255 e. The van der Waals surface area contributed by atoms with Crippen molar-refractivity contribution < 1.29 is 9.59 Å². The largest absolute Gasteiger partial charge is 0.358 e. The zero-order valence-corrected chi connectivity index (χ0v) is 16.6. The van der Waals surface area contributed by atoms with Crippen LogP contribution in [0.3, 0.4) is 0 Å². The van der Waals surface area contributed by atoms with E-state index in [1.165, 1.54) is 6.42 Å². The number of amides is 2. The summed E-state index contributed by atoms with van der Waals surface area (Å²) in [6, 6.07) is 15.7. The molecule has 2 aliphatic heterocycles. The molecule has 0 unspecified atom stereocenters. The van der Waals surface area contributed by atoms with Gasteiger partial charge < -0.3 is 14.8 Å². The Morgan fingerprint density at radius 1 is 1.03 bits per heavy atom. The van der Waals surface area contributed by atoms with E-state index in [-0.39, 0.29) is 24.4 Å². The van der Waals surface area contributed by atoms with Gasteiger partial charge in [0.1, 0.15) is 6.54 Å². The van der Waals surface area contributed by atoms with Crippen molar-refractivity contribution in [3.63, 3.8) is 0 Å². The molecule has 2 aromatic carbocycles. The molecule has 0 saturated carbocycles. The number of aromatic nitrogens is 1. The number of nitrogens with one attached hydrogen (secondary N) is 1. The Morgan fingerprint density at radius 2 is 1.76 bits per heavy atom. The van der Waals surface area contributed by atoms with E-state index in [1.54, 1.807) is 4.90 Å². The summed E-state index contributed by atoms with van der Waals surface area (Å²) >= 11 is 0. The van der Waals surface area contributed by atoms with E-state index in [2.05, 4.69) is 17.1 Å². The number of carbonyl (C=O) groups is 2. The lowest BCUT2D eigenvalue weighted by Crippen LogP contribution is -2.44. The zero-order chi connectivity index (χ0) is 20.0. The predicted molar refractivity (Wildman–Crippen MR) is 113 cm³/mol. The highest BCUT2D eigenvalue weighted by molar-refractivity contribution is 6.02. The Labute approximate surface area is 170 Å². The quantitative estimate of drug-likeness (QED) is 0.738. The van der Waals surface area contributed by atoms with E-state index in [0.717, 1.165) is 53.7 Å². The van der Waals surface area contributed by atoms with Crippen LogP contribution in [0, 0.1) is 6.92 Å². The van der Waals surface area contributed by atoms with Gasteiger partial charge in [-0.1, -0.05) is 36.4 Å². The average molecular weight is 387 g/mol. The second kappa shape index (κ2) is 7.07. The Hall–Kier alpha value is -3.08. The number of nitrogens with zero attached hydrogens (tertiary/aromatic N) is 2. The number of benzene rings is 2. The second-order valence-electron chi connectivity index (χ2n) is 8.07. The van der Waals surface area contributed by atoms with Crippen LogP contribution in [0.2, 0.25) is 0 Å². The zero-order valence-electron chi connectivity index (χ0n) is 16.6. The fourth-order valence-corrected chi connectivity index (χ4v) is 4.88. The number of fused-ring (bicyclic) bond motifs is 2. The minimum atomic E-state index is -0.247. The third-order valence-electron chi connectivity index (χ3n) is 6.29. The van der Waals surface area contributed by atoms with Crippen LogP contribution in [0.1, 0.15) is 52.5 Å². The molecule has 1 saturated heterocycles. The number of para-hydroxylation sites is 1. The molecule has 2 amide bonds. The van der Waals surface area contributed by atoms with E-state index in [9.17, 15) is 9.59 Å². The molecule has 5 nitrogen and oxygen atoms in total. The molecule has 0 spiro atoms. The average Bonchev–Trinajstić information content (AvgIpc) is 3.22. The van der Waals surface area contributed by atoms with Gasteiger partial charge in [0.2, 0.25) is 5.91 Å². The third kappa shape index (κ3) is 2.92. The van der Waals surface area contributed by atoms with Crippen LogP contribution in [-0.4, -0.2) is 46.2 Å². The van der Waals surface area contributed by atoms with Gasteiger partial charge in [0.05, 0.1) is 6.04 Å². The van der Waals surface area contributed by atoms with Crippen LogP contribution in [0.25, 0.3) is 10.9 Å². The van der Waals surface area contributed by atoms with Gasteiger partial charge in [-0.15, -0.1) is 0 Å². The van der Waals surface area contributed by atoms with Crippen molar-refractivity contribution in [1.29, 1.82) is 0 Å². The number of carbonyl (C=O) groups excluding carboxylic acids is 2. The van der Waals surface area contributed by atoms with Crippen molar-refractivity contribution in [2.24, 2.45) is 0 Å². The van der Waals surface area contributed by atoms with Gasteiger partial charge in [-0.05, 0) is 43.9 Å². The highest BCUT2D eigenvalue weighted by Gasteiger charge is 2.40. The molecule has 5 heteroatoms. The summed E-state index contributed by atoms with van der Waals surface area (Å²) in [5, 5.41) is 1.11. The molecule has 0 radical (unpaired) electrons. The summed E-state index contributed by atoms with van der Waals surface area (Å²) in [4.78, 5) is 33.5. The molecular weight excluding hydrogens is 362 g/mol. The lowest BCUT2D eigenvalue weighted by atomic mass is 9.95. The van der Waals surface area contributed by atoms with Gasteiger partial charge >= 0.3 is 0 Å². The Bertz CT molecular complexity index is 1090. The van der Waals surface area contributed by atoms with Crippen molar-refractivity contribution in [1.82, 2.24) is 14.8 Å². The van der Waals surface area contributed by atoms with Crippen LogP contribution < -0.4 is 0 Å². The molecule has 3 heterocycles. The van der Waals surface area contributed by atoms with Crippen LogP contribution in [-0.2, 0) is 4.79 Å². The molecular formula is C24H25N3O2. The SMILES string of the molecule is Cc1[nH]c2ccccc2c1[C@@H]1c2ccccc2C(=O)N1CC(=O)N1CCCCC1. The highest BCUT2D eigenvalue weighted by atomic mass is 16.2. The number of piperidine rings is 1. The number of hydrogen-bond donors (Lipinski definition) is 1. The molecule has 5 rings (SSSR count). The van der Waals surface area contributed by atoms with Crippen LogP contribution in [0.15, 0.2) is 48.5 Å². The highest BCUT2D eigenvalue weighted by Crippen LogP contribution is 2.42. The van der Waals surface area contributed by atoms with Crippen molar-refractivity contribution >= 4 is 22.7 Å².